The van der Waals surface area contributed by atoms with E-state index in [1.807, 2.05) is 0 Å². The quantitative estimate of drug-likeness (QED) is 0.872. The van der Waals surface area contributed by atoms with Crippen molar-refractivity contribution in [3.05, 3.63) is 52.9 Å². The largest absolute Gasteiger partial charge is 0.351 e. The molecule has 0 radical (unpaired) electrons. The molecule has 1 aliphatic rings. The van der Waals surface area contributed by atoms with Crippen LogP contribution in [0.3, 0.4) is 0 Å². The molecule has 102 valence electrons. The van der Waals surface area contributed by atoms with Crippen LogP contribution >= 0.6 is 0 Å². The van der Waals surface area contributed by atoms with Gasteiger partial charge in [0.05, 0.1) is 5.56 Å². The molecule has 20 heavy (non-hydrogen) atoms. The topological polar surface area (TPSA) is 54.9 Å². The standard InChI is InChI=1S/C14H11F2N3O/c15-12-3-9-1-11(2-10(9)4-13(12)16)19-14-17-5-8(7-20)6-18-14/h3-7,11H,1-2H2,(H,17,18,19). The number of benzene rings is 1. The molecule has 1 aliphatic carbocycles. The van der Waals surface area contributed by atoms with Crippen molar-refractivity contribution in [1.29, 1.82) is 0 Å². The molecule has 0 fully saturated rings. The van der Waals surface area contributed by atoms with Gasteiger partial charge in [-0.05, 0) is 36.1 Å². The first-order chi connectivity index (χ1) is 9.65. The second-order valence-corrected chi connectivity index (χ2v) is 4.74. The molecule has 1 aromatic heterocycles. The highest BCUT2D eigenvalue weighted by Gasteiger charge is 2.24. The van der Waals surface area contributed by atoms with Gasteiger partial charge in [-0.25, -0.2) is 18.7 Å². The van der Waals surface area contributed by atoms with Crippen molar-refractivity contribution >= 4 is 12.2 Å². The first kappa shape index (κ1) is 12.7. The van der Waals surface area contributed by atoms with Gasteiger partial charge in [0.1, 0.15) is 0 Å². The van der Waals surface area contributed by atoms with Crippen LogP contribution in [0.5, 0.6) is 0 Å². The maximum Gasteiger partial charge on any atom is 0.222 e. The van der Waals surface area contributed by atoms with Crippen molar-refractivity contribution in [2.24, 2.45) is 0 Å². The predicted octanol–water partition coefficient (Wildman–Crippen LogP) is 2.15. The van der Waals surface area contributed by atoms with E-state index >= 15 is 0 Å². The molecule has 3 rings (SSSR count). The number of nitrogens with one attached hydrogen (secondary N) is 1. The summed E-state index contributed by atoms with van der Waals surface area (Å²) in [5, 5.41) is 3.09. The molecule has 1 heterocycles. The van der Waals surface area contributed by atoms with Gasteiger partial charge in [0.2, 0.25) is 5.95 Å². The van der Waals surface area contributed by atoms with Crippen LogP contribution in [0.4, 0.5) is 14.7 Å². The minimum Gasteiger partial charge on any atom is -0.351 e. The summed E-state index contributed by atoms with van der Waals surface area (Å²) in [6, 6.07) is 2.47. The molecule has 0 amide bonds. The maximum atomic E-state index is 13.2. The molecule has 4 nitrogen and oxygen atoms in total. The molecule has 0 saturated heterocycles. The Kier molecular flexibility index (Phi) is 3.14. The second kappa shape index (κ2) is 4.96. The Morgan fingerprint density at radius 3 is 2.15 bits per heavy atom. The van der Waals surface area contributed by atoms with Crippen molar-refractivity contribution in [2.45, 2.75) is 18.9 Å². The van der Waals surface area contributed by atoms with Crippen LogP contribution in [0.1, 0.15) is 21.5 Å². The van der Waals surface area contributed by atoms with Gasteiger partial charge in [-0.1, -0.05) is 0 Å². The Bertz CT molecular complexity index is 627. The summed E-state index contributed by atoms with van der Waals surface area (Å²) in [7, 11) is 0. The summed E-state index contributed by atoms with van der Waals surface area (Å²) in [5.74, 6) is -1.25. The highest BCUT2D eigenvalue weighted by atomic mass is 19.2. The van der Waals surface area contributed by atoms with Gasteiger partial charge >= 0.3 is 0 Å². The van der Waals surface area contributed by atoms with E-state index in [0.717, 1.165) is 11.1 Å². The highest BCUT2D eigenvalue weighted by molar-refractivity contribution is 5.73. The van der Waals surface area contributed by atoms with Gasteiger partial charge in [-0.3, -0.25) is 4.79 Å². The van der Waals surface area contributed by atoms with Crippen molar-refractivity contribution in [2.75, 3.05) is 5.32 Å². The van der Waals surface area contributed by atoms with Gasteiger partial charge in [-0.2, -0.15) is 0 Å². The van der Waals surface area contributed by atoms with E-state index in [-0.39, 0.29) is 6.04 Å². The van der Waals surface area contributed by atoms with E-state index in [9.17, 15) is 13.6 Å². The molecule has 2 aromatic rings. The number of fused-ring (bicyclic) bond motifs is 1. The minimum atomic E-state index is -0.823. The number of carbonyl (C=O) groups is 1. The average Bonchev–Trinajstić information content (AvgIpc) is 2.81. The predicted molar refractivity (Wildman–Crippen MR) is 68.6 cm³/mol. The van der Waals surface area contributed by atoms with Crippen LogP contribution in [-0.2, 0) is 12.8 Å². The summed E-state index contributed by atoms with van der Waals surface area (Å²) >= 11 is 0. The first-order valence-electron chi connectivity index (χ1n) is 6.16. The van der Waals surface area contributed by atoms with Crippen LogP contribution < -0.4 is 5.32 Å². The van der Waals surface area contributed by atoms with Crippen LogP contribution in [0.2, 0.25) is 0 Å². The minimum absolute atomic E-state index is 0.00622. The zero-order chi connectivity index (χ0) is 14.1. The van der Waals surface area contributed by atoms with Crippen LogP contribution in [-0.4, -0.2) is 22.3 Å². The van der Waals surface area contributed by atoms with Crippen molar-refractivity contribution in [3.63, 3.8) is 0 Å². The third-order valence-electron chi connectivity index (χ3n) is 3.32. The molecule has 1 aromatic carbocycles. The van der Waals surface area contributed by atoms with Crippen LogP contribution in [0, 0.1) is 11.6 Å². The van der Waals surface area contributed by atoms with E-state index < -0.39 is 11.6 Å². The SMILES string of the molecule is O=Cc1cnc(NC2Cc3cc(F)c(F)cc3C2)nc1. The first-order valence-corrected chi connectivity index (χ1v) is 6.16. The lowest BCUT2D eigenvalue weighted by Gasteiger charge is -2.11. The smallest absolute Gasteiger partial charge is 0.222 e. The Morgan fingerprint density at radius 1 is 1.10 bits per heavy atom. The van der Waals surface area contributed by atoms with Gasteiger partial charge in [-0.15, -0.1) is 0 Å². The van der Waals surface area contributed by atoms with Crippen molar-refractivity contribution in [3.8, 4) is 0 Å². The Morgan fingerprint density at radius 2 is 1.65 bits per heavy atom. The number of aldehydes is 1. The third-order valence-corrected chi connectivity index (χ3v) is 3.32. The lowest BCUT2D eigenvalue weighted by Crippen LogP contribution is -2.21. The van der Waals surface area contributed by atoms with Gasteiger partial charge in [0, 0.05) is 18.4 Å². The molecular weight excluding hydrogens is 264 g/mol. The summed E-state index contributed by atoms with van der Waals surface area (Å²) in [4.78, 5) is 18.5. The fraction of sp³-hybridized carbons (Fsp3) is 0.214. The van der Waals surface area contributed by atoms with E-state index in [0.29, 0.717) is 30.6 Å². The zero-order valence-electron chi connectivity index (χ0n) is 10.4. The average molecular weight is 275 g/mol. The van der Waals surface area contributed by atoms with Gasteiger partial charge < -0.3 is 5.32 Å². The summed E-state index contributed by atoms with van der Waals surface area (Å²) < 4.78 is 26.3. The number of halogens is 2. The van der Waals surface area contributed by atoms with E-state index in [4.69, 9.17) is 0 Å². The summed E-state index contributed by atoms with van der Waals surface area (Å²) in [5.41, 5.74) is 1.99. The molecule has 0 bridgehead atoms. The molecule has 1 N–H and O–H groups in total. The molecule has 6 heteroatoms. The summed E-state index contributed by atoms with van der Waals surface area (Å²) in [6.45, 7) is 0. The molecule has 0 aliphatic heterocycles. The Hall–Kier alpha value is -2.37. The number of anilines is 1. The lowest BCUT2D eigenvalue weighted by atomic mass is 10.1. The fourth-order valence-corrected chi connectivity index (χ4v) is 2.37. The van der Waals surface area contributed by atoms with Crippen molar-refractivity contribution in [1.82, 2.24) is 9.97 Å². The van der Waals surface area contributed by atoms with Crippen molar-refractivity contribution < 1.29 is 13.6 Å². The lowest BCUT2D eigenvalue weighted by molar-refractivity contribution is 0.112. The Balaban J connectivity index is 1.73. The third kappa shape index (κ3) is 2.36. The maximum absolute atomic E-state index is 13.2. The fourth-order valence-electron chi connectivity index (χ4n) is 2.37. The molecule has 0 atom stereocenters. The van der Waals surface area contributed by atoms with E-state index in [2.05, 4.69) is 15.3 Å². The zero-order valence-corrected chi connectivity index (χ0v) is 10.4. The molecule has 0 spiro atoms. The Labute approximate surface area is 113 Å². The number of carbonyl (C=O) groups excluding carboxylic acids is 1. The monoisotopic (exact) mass is 275 g/mol. The van der Waals surface area contributed by atoms with Crippen LogP contribution in [0.15, 0.2) is 24.5 Å². The highest BCUT2D eigenvalue weighted by Crippen LogP contribution is 2.26. The number of aromatic nitrogens is 2. The normalized spacial score (nSPS) is 14.1. The van der Waals surface area contributed by atoms with Gasteiger partial charge in [0.15, 0.2) is 17.9 Å². The second-order valence-electron chi connectivity index (χ2n) is 4.74. The summed E-state index contributed by atoms with van der Waals surface area (Å²) in [6.07, 6.45) is 4.69. The molecular formula is C14H11F2N3O. The molecule has 0 unspecified atom stereocenters. The van der Waals surface area contributed by atoms with Gasteiger partial charge in [0.25, 0.3) is 0 Å². The van der Waals surface area contributed by atoms with E-state index in [1.165, 1.54) is 24.5 Å². The number of hydrogen-bond acceptors (Lipinski definition) is 4. The number of hydrogen-bond donors (Lipinski definition) is 1. The van der Waals surface area contributed by atoms with E-state index in [1.54, 1.807) is 0 Å². The van der Waals surface area contributed by atoms with Crippen LogP contribution in [0.25, 0.3) is 0 Å². The number of nitrogens with zero attached hydrogens (tertiary/aromatic N) is 2. The number of rotatable bonds is 3. The molecule has 0 saturated carbocycles.